The third-order valence-corrected chi connectivity index (χ3v) is 4.55. The number of aliphatic imine (C=N–C) groups is 1. The molecular weight excluding hydrogens is 538 g/mol. The maximum atomic E-state index is 12.6. The van der Waals surface area contributed by atoms with Crippen molar-refractivity contribution in [2.45, 2.75) is 38.5 Å². The molecule has 0 saturated carbocycles. The number of hydrogen-bond acceptors (Lipinski definition) is 5. The van der Waals surface area contributed by atoms with Gasteiger partial charge in [0, 0.05) is 19.8 Å². The van der Waals surface area contributed by atoms with Crippen LogP contribution in [0.2, 0.25) is 5.02 Å². The van der Waals surface area contributed by atoms with Gasteiger partial charge in [0.15, 0.2) is 5.96 Å². The van der Waals surface area contributed by atoms with Crippen LogP contribution in [0.5, 0.6) is 5.88 Å². The van der Waals surface area contributed by atoms with Crippen LogP contribution in [0.4, 0.5) is 13.2 Å². The summed E-state index contributed by atoms with van der Waals surface area (Å²) in [5.74, 6) is 2.10. The minimum Gasteiger partial charge on any atom is -0.475 e. The summed E-state index contributed by atoms with van der Waals surface area (Å²) in [6.45, 7) is 3.18. The highest BCUT2D eigenvalue weighted by Gasteiger charge is 2.31. The lowest BCUT2D eigenvalue weighted by Crippen LogP contribution is -2.42. The van der Waals surface area contributed by atoms with E-state index in [-0.39, 0.29) is 47.5 Å². The molecule has 2 aromatic heterocycles. The number of ether oxygens (including phenoxy) is 1. The third-order valence-electron chi connectivity index (χ3n) is 4.28. The molecule has 0 fully saturated rings. The van der Waals surface area contributed by atoms with E-state index < -0.39 is 11.7 Å². The van der Waals surface area contributed by atoms with Crippen molar-refractivity contribution in [2.24, 2.45) is 4.99 Å². The Morgan fingerprint density at radius 2 is 2.20 bits per heavy atom. The van der Waals surface area contributed by atoms with Gasteiger partial charge in [0.05, 0.1) is 18.2 Å². The van der Waals surface area contributed by atoms with Crippen LogP contribution >= 0.6 is 35.6 Å². The number of nitrogens with one attached hydrogen (secondary N) is 2. The molecule has 0 radical (unpaired) electrons. The van der Waals surface area contributed by atoms with Gasteiger partial charge in [-0.15, -0.1) is 24.0 Å². The van der Waals surface area contributed by atoms with Crippen LogP contribution in [0.15, 0.2) is 17.3 Å². The average Bonchev–Trinajstić information content (AvgIpc) is 3.05. The summed E-state index contributed by atoms with van der Waals surface area (Å²) >= 11 is 5.82. The van der Waals surface area contributed by atoms with Crippen molar-refractivity contribution in [3.63, 3.8) is 0 Å². The molecular formula is C17H22ClF3IN7O. The van der Waals surface area contributed by atoms with E-state index in [0.29, 0.717) is 18.7 Å². The van der Waals surface area contributed by atoms with Crippen LogP contribution in [0.1, 0.15) is 36.1 Å². The maximum absolute atomic E-state index is 12.6. The normalized spacial score (nSPS) is 16.5. The number of aromatic nitrogens is 4. The van der Waals surface area contributed by atoms with Crippen LogP contribution in [0.3, 0.4) is 0 Å². The lowest BCUT2D eigenvalue weighted by molar-refractivity contribution is -0.137. The molecule has 1 aliphatic rings. The summed E-state index contributed by atoms with van der Waals surface area (Å²) < 4.78 is 45.2. The van der Waals surface area contributed by atoms with Crippen LogP contribution in [0, 0.1) is 6.92 Å². The van der Waals surface area contributed by atoms with Crippen LogP contribution in [0.25, 0.3) is 0 Å². The molecule has 1 atom stereocenters. The van der Waals surface area contributed by atoms with E-state index in [9.17, 15) is 13.2 Å². The lowest BCUT2D eigenvalue weighted by Gasteiger charge is -2.25. The van der Waals surface area contributed by atoms with Gasteiger partial charge < -0.3 is 15.4 Å². The molecule has 3 heterocycles. The first-order valence-electron chi connectivity index (χ1n) is 9.02. The number of nitrogens with zero attached hydrogens (tertiary/aromatic N) is 5. The second-order valence-corrected chi connectivity index (χ2v) is 6.84. The Bertz CT molecular complexity index is 891. The predicted molar refractivity (Wildman–Crippen MR) is 116 cm³/mol. The molecule has 0 spiro atoms. The van der Waals surface area contributed by atoms with Crippen LogP contribution in [-0.2, 0) is 12.7 Å². The molecule has 1 unspecified atom stereocenters. The number of fused-ring (bicyclic) bond motifs is 1. The van der Waals surface area contributed by atoms with Crippen molar-refractivity contribution < 1.29 is 17.9 Å². The van der Waals surface area contributed by atoms with Crippen molar-refractivity contribution in [3.8, 4) is 5.88 Å². The third kappa shape index (κ3) is 6.09. The molecule has 2 N–H and O–H groups in total. The number of pyridine rings is 1. The number of hydrogen-bond donors (Lipinski definition) is 2. The second kappa shape index (κ2) is 10.5. The molecule has 0 aromatic carbocycles. The first-order valence-corrected chi connectivity index (χ1v) is 9.40. The summed E-state index contributed by atoms with van der Waals surface area (Å²) in [7, 11) is 1.64. The highest BCUT2D eigenvalue weighted by atomic mass is 127. The van der Waals surface area contributed by atoms with E-state index in [1.165, 1.54) is 0 Å². The van der Waals surface area contributed by atoms with E-state index in [1.807, 2.05) is 11.6 Å². The van der Waals surface area contributed by atoms with Crippen molar-refractivity contribution in [1.29, 1.82) is 0 Å². The first kappa shape index (κ1) is 24.4. The summed E-state index contributed by atoms with van der Waals surface area (Å²) in [6.07, 6.45) is -1.93. The fraction of sp³-hybridized carbons (Fsp3) is 0.529. The number of aryl methyl sites for hydroxylation is 2. The Morgan fingerprint density at radius 1 is 1.43 bits per heavy atom. The molecule has 0 saturated heterocycles. The predicted octanol–water partition coefficient (Wildman–Crippen LogP) is 3.35. The van der Waals surface area contributed by atoms with Gasteiger partial charge in [0.25, 0.3) is 0 Å². The Hall–Kier alpha value is -1.83. The SMILES string of the molecule is CN=C(NCCOc1ncc(C(F)(F)F)cc1Cl)NC1CCCn2nc(C)nc21.I. The van der Waals surface area contributed by atoms with Crippen molar-refractivity contribution >= 4 is 41.5 Å². The Labute approximate surface area is 193 Å². The first-order chi connectivity index (χ1) is 13.8. The summed E-state index contributed by atoms with van der Waals surface area (Å²) in [5, 5.41) is 10.6. The van der Waals surface area contributed by atoms with Gasteiger partial charge in [-0.3, -0.25) is 4.99 Å². The zero-order chi connectivity index (χ0) is 21.0. The number of alkyl halides is 3. The molecule has 0 amide bonds. The van der Waals surface area contributed by atoms with E-state index in [0.717, 1.165) is 37.1 Å². The lowest BCUT2D eigenvalue weighted by atomic mass is 10.1. The maximum Gasteiger partial charge on any atom is 0.417 e. The topological polar surface area (TPSA) is 89.3 Å². The molecule has 30 heavy (non-hydrogen) atoms. The summed E-state index contributed by atoms with van der Waals surface area (Å²) in [5.41, 5.74) is -0.923. The molecule has 0 bridgehead atoms. The molecule has 2 aromatic rings. The van der Waals surface area contributed by atoms with E-state index in [1.54, 1.807) is 7.05 Å². The Balaban J connectivity index is 0.00000320. The fourth-order valence-corrected chi connectivity index (χ4v) is 3.19. The minimum atomic E-state index is -4.50. The molecule has 13 heteroatoms. The smallest absolute Gasteiger partial charge is 0.417 e. The molecule has 3 rings (SSSR count). The van der Waals surface area contributed by atoms with Crippen molar-refractivity contribution in [3.05, 3.63) is 34.5 Å². The van der Waals surface area contributed by atoms with Crippen molar-refractivity contribution in [1.82, 2.24) is 30.4 Å². The highest BCUT2D eigenvalue weighted by molar-refractivity contribution is 14.0. The fourth-order valence-electron chi connectivity index (χ4n) is 2.97. The van der Waals surface area contributed by atoms with Gasteiger partial charge >= 0.3 is 6.18 Å². The molecule has 1 aliphatic heterocycles. The Kier molecular flexibility index (Phi) is 8.52. The average molecular weight is 560 g/mol. The van der Waals surface area contributed by atoms with E-state index in [4.69, 9.17) is 16.3 Å². The van der Waals surface area contributed by atoms with Gasteiger partial charge in [-0.05, 0) is 25.8 Å². The second-order valence-electron chi connectivity index (χ2n) is 6.44. The number of guanidine groups is 1. The number of rotatable bonds is 5. The quantitative estimate of drug-likeness (QED) is 0.253. The highest BCUT2D eigenvalue weighted by Crippen LogP contribution is 2.33. The summed E-state index contributed by atoms with van der Waals surface area (Å²) in [4.78, 5) is 12.3. The zero-order valence-corrected chi connectivity index (χ0v) is 19.4. The molecule has 8 nitrogen and oxygen atoms in total. The van der Waals surface area contributed by atoms with Gasteiger partial charge in [-0.25, -0.2) is 14.6 Å². The zero-order valence-electron chi connectivity index (χ0n) is 16.3. The van der Waals surface area contributed by atoms with Gasteiger partial charge in [-0.2, -0.15) is 18.3 Å². The van der Waals surface area contributed by atoms with Gasteiger partial charge in [-0.1, -0.05) is 11.6 Å². The molecule has 0 aliphatic carbocycles. The van der Waals surface area contributed by atoms with Gasteiger partial charge in [0.2, 0.25) is 5.88 Å². The molecule has 166 valence electrons. The van der Waals surface area contributed by atoms with Gasteiger partial charge in [0.1, 0.15) is 23.3 Å². The standard InChI is InChI=1S/C17H21ClF3N7O.HI/c1-10-25-14-13(4-3-6-28(14)27-10)26-16(22-2)23-5-7-29-15-12(18)8-11(9-24-15)17(19,20)21;/h8-9,13H,3-7H2,1-2H3,(H2,22,23,26);1H. The van der Waals surface area contributed by atoms with Crippen LogP contribution < -0.4 is 15.4 Å². The van der Waals surface area contributed by atoms with Crippen LogP contribution in [-0.4, -0.2) is 45.9 Å². The minimum absolute atomic E-state index is 0. The van der Waals surface area contributed by atoms with Crippen molar-refractivity contribution in [2.75, 3.05) is 20.2 Å². The largest absolute Gasteiger partial charge is 0.475 e. The number of halogens is 5. The van der Waals surface area contributed by atoms with E-state index >= 15 is 0 Å². The Morgan fingerprint density at radius 3 is 2.87 bits per heavy atom. The monoisotopic (exact) mass is 559 g/mol. The van der Waals surface area contributed by atoms with E-state index in [2.05, 4.69) is 30.7 Å². The summed E-state index contributed by atoms with van der Waals surface area (Å²) in [6, 6.07) is 0.780.